The Bertz CT molecular complexity index is 412. The summed E-state index contributed by atoms with van der Waals surface area (Å²) in [6, 6.07) is 10.7. The molecule has 0 atom stereocenters. The van der Waals surface area contributed by atoms with E-state index in [1.54, 1.807) is 0 Å². The van der Waals surface area contributed by atoms with Crippen molar-refractivity contribution in [2.75, 3.05) is 25.0 Å². The molecule has 0 saturated carbocycles. The highest BCUT2D eigenvalue weighted by atomic mass is 15.3. The Labute approximate surface area is 105 Å². The van der Waals surface area contributed by atoms with E-state index >= 15 is 0 Å². The molecule has 0 spiro atoms. The first-order valence-corrected chi connectivity index (χ1v) is 6.41. The van der Waals surface area contributed by atoms with Gasteiger partial charge in [-0.25, -0.2) is 4.90 Å². The normalized spacial score (nSPS) is 17.5. The third kappa shape index (κ3) is 2.51. The van der Waals surface area contributed by atoms with Crippen LogP contribution < -0.4 is 4.90 Å². The van der Waals surface area contributed by atoms with Gasteiger partial charge < -0.3 is 0 Å². The molecule has 0 bridgehead atoms. The van der Waals surface area contributed by atoms with Crippen LogP contribution in [-0.2, 0) is 0 Å². The Kier molecular flexibility index (Phi) is 3.23. The van der Waals surface area contributed by atoms with E-state index in [0.717, 1.165) is 13.1 Å². The molecule has 17 heavy (non-hydrogen) atoms. The molecule has 0 N–H and O–H groups in total. The molecule has 0 aromatic heterocycles. The van der Waals surface area contributed by atoms with E-state index in [4.69, 9.17) is 0 Å². The summed E-state index contributed by atoms with van der Waals surface area (Å²) in [5, 5.41) is 0. The number of nitrogens with zero attached hydrogens (tertiary/aromatic N) is 2. The van der Waals surface area contributed by atoms with Crippen LogP contribution in [0.2, 0.25) is 0 Å². The first-order chi connectivity index (χ1) is 8.00. The summed E-state index contributed by atoms with van der Waals surface area (Å²) in [4.78, 5) is 2.46. The van der Waals surface area contributed by atoms with E-state index in [0.29, 0.717) is 0 Å². The predicted molar refractivity (Wildman–Crippen MR) is 73.9 cm³/mol. The number of anilines is 1. The molecule has 1 heterocycles. The van der Waals surface area contributed by atoms with Crippen molar-refractivity contribution in [3.05, 3.63) is 30.3 Å². The van der Waals surface area contributed by atoms with E-state index in [2.05, 4.69) is 67.6 Å². The number of hydrogen-bond acceptors (Lipinski definition) is 1. The predicted octanol–water partition coefficient (Wildman–Crippen LogP) is 2.98. The zero-order valence-corrected chi connectivity index (χ0v) is 11.4. The summed E-state index contributed by atoms with van der Waals surface area (Å²) in [6.07, 6.45) is 1.23. The maximum Gasteiger partial charge on any atom is 0.257 e. The number of para-hydroxylation sites is 1. The van der Waals surface area contributed by atoms with Gasteiger partial charge >= 0.3 is 0 Å². The molecule has 2 rings (SSSR count). The second-order valence-corrected chi connectivity index (χ2v) is 5.84. The van der Waals surface area contributed by atoms with Crippen LogP contribution in [0, 0.1) is 5.41 Å². The molecule has 0 saturated heterocycles. The Morgan fingerprint density at radius 3 is 2.35 bits per heavy atom. The highest BCUT2D eigenvalue weighted by Crippen LogP contribution is 2.26. The molecule has 2 nitrogen and oxygen atoms in total. The van der Waals surface area contributed by atoms with Gasteiger partial charge in [-0.1, -0.05) is 18.2 Å². The summed E-state index contributed by atoms with van der Waals surface area (Å²) in [5.41, 5.74) is 1.49. The molecule has 0 aliphatic carbocycles. The first-order valence-electron chi connectivity index (χ1n) is 6.41. The van der Waals surface area contributed by atoms with Gasteiger partial charge in [0, 0.05) is 6.42 Å². The van der Waals surface area contributed by atoms with Crippen LogP contribution in [0.5, 0.6) is 0 Å². The van der Waals surface area contributed by atoms with Crippen molar-refractivity contribution in [2.45, 2.75) is 27.2 Å². The topological polar surface area (TPSA) is 6.25 Å². The maximum absolute atomic E-state index is 2.46. The lowest BCUT2D eigenvalue weighted by Gasteiger charge is -2.32. The lowest BCUT2D eigenvalue weighted by atomic mass is 9.92. The summed E-state index contributed by atoms with van der Waals surface area (Å²) >= 11 is 0. The second-order valence-electron chi connectivity index (χ2n) is 5.84. The van der Waals surface area contributed by atoms with Gasteiger partial charge in [-0.05, 0) is 32.9 Å². The zero-order valence-electron chi connectivity index (χ0n) is 11.4. The molecule has 0 radical (unpaired) electrons. The quantitative estimate of drug-likeness (QED) is 0.673. The van der Waals surface area contributed by atoms with Gasteiger partial charge in [-0.3, -0.25) is 4.58 Å². The molecule has 1 aromatic rings. The molecular formula is C15H23N2+. The van der Waals surface area contributed by atoms with Crippen molar-refractivity contribution in [3.63, 3.8) is 0 Å². The molecule has 1 aliphatic heterocycles. The first kappa shape index (κ1) is 12.2. The van der Waals surface area contributed by atoms with Crippen molar-refractivity contribution in [1.82, 2.24) is 0 Å². The van der Waals surface area contributed by atoms with E-state index in [1.807, 2.05) is 0 Å². The van der Waals surface area contributed by atoms with Crippen LogP contribution in [-0.4, -0.2) is 30.5 Å². The molecular weight excluding hydrogens is 208 g/mol. The van der Waals surface area contributed by atoms with Crippen LogP contribution >= 0.6 is 0 Å². The second kappa shape index (κ2) is 4.52. The molecule has 0 amide bonds. The van der Waals surface area contributed by atoms with Crippen LogP contribution in [0.15, 0.2) is 30.3 Å². The lowest BCUT2D eigenvalue weighted by molar-refractivity contribution is -0.505. The fourth-order valence-electron chi connectivity index (χ4n) is 2.72. The number of benzene rings is 1. The van der Waals surface area contributed by atoms with Crippen molar-refractivity contribution >= 4 is 11.5 Å². The smallest absolute Gasteiger partial charge is 0.257 e. The Morgan fingerprint density at radius 1 is 1.12 bits per heavy atom. The number of amidine groups is 1. The minimum Gasteiger partial charge on any atom is -0.267 e. The van der Waals surface area contributed by atoms with E-state index < -0.39 is 0 Å². The van der Waals surface area contributed by atoms with Gasteiger partial charge in [0.1, 0.15) is 5.69 Å². The van der Waals surface area contributed by atoms with Gasteiger partial charge in [0.05, 0.1) is 25.6 Å². The van der Waals surface area contributed by atoms with Crippen molar-refractivity contribution < 1.29 is 4.58 Å². The fourth-order valence-corrected chi connectivity index (χ4v) is 2.72. The van der Waals surface area contributed by atoms with Gasteiger partial charge in [-0.2, -0.15) is 0 Å². The molecule has 0 unspecified atom stereocenters. The lowest BCUT2D eigenvalue weighted by Crippen LogP contribution is -2.49. The standard InChI is InChI=1S/C15H23N2/c1-15(2,3)14-16(4)11-8-12-17(14)13-9-6-5-7-10-13/h5-7,9-10H,8,11-12H2,1-4H3/q+1. The molecule has 2 heteroatoms. The molecule has 1 aromatic carbocycles. The summed E-state index contributed by atoms with van der Waals surface area (Å²) in [7, 11) is 2.20. The van der Waals surface area contributed by atoms with Crippen molar-refractivity contribution in [1.29, 1.82) is 0 Å². The Hall–Kier alpha value is -1.31. The number of hydrogen-bond donors (Lipinski definition) is 0. The highest BCUT2D eigenvalue weighted by Gasteiger charge is 2.36. The average molecular weight is 231 g/mol. The average Bonchev–Trinajstić information content (AvgIpc) is 2.28. The largest absolute Gasteiger partial charge is 0.267 e. The Balaban J connectivity index is 2.43. The summed E-state index contributed by atoms with van der Waals surface area (Å²) in [5.74, 6) is 1.43. The van der Waals surface area contributed by atoms with Crippen LogP contribution in [0.3, 0.4) is 0 Å². The van der Waals surface area contributed by atoms with Crippen molar-refractivity contribution in [2.24, 2.45) is 5.41 Å². The Morgan fingerprint density at radius 2 is 1.76 bits per heavy atom. The molecule has 92 valence electrons. The minimum atomic E-state index is 0.186. The van der Waals surface area contributed by atoms with Gasteiger partial charge in [-0.15, -0.1) is 0 Å². The van der Waals surface area contributed by atoms with Gasteiger partial charge in [0.25, 0.3) is 5.84 Å². The van der Waals surface area contributed by atoms with Crippen LogP contribution in [0.1, 0.15) is 27.2 Å². The maximum atomic E-state index is 2.46. The van der Waals surface area contributed by atoms with E-state index in [1.165, 1.54) is 17.9 Å². The SMILES string of the molecule is C[N+]1=C(C(C)(C)C)N(c2ccccc2)CCC1. The number of rotatable bonds is 1. The van der Waals surface area contributed by atoms with Crippen molar-refractivity contribution in [3.8, 4) is 0 Å². The molecule has 0 fully saturated rings. The van der Waals surface area contributed by atoms with Crippen LogP contribution in [0.4, 0.5) is 5.69 Å². The van der Waals surface area contributed by atoms with Crippen LogP contribution in [0.25, 0.3) is 0 Å². The third-order valence-corrected chi connectivity index (χ3v) is 3.23. The summed E-state index contributed by atoms with van der Waals surface area (Å²) in [6.45, 7) is 9.16. The van der Waals surface area contributed by atoms with Gasteiger partial charge in [0.2, 0.25) is 0 Å². The minimum absolute atomic E-state index is 0.186. The third-order valence-electron chi connectivity index (χ3n) is 3.23. The van der Waals surface area contributed by atoms with E-state index in [9.17, 15) is 0 Å². The molecule has 1 aliphatic rings. The highest BCUT2D eigenvalue weighted by molar-refractivity contribution is 5.98. The van der Waals surface area contributed by atoms with E-state index in [-0.39, 0.29) is 5.41 Å². The summed E-state index contributed by atoms with van der Waals surface area (Å²) < 4.78 is 2.40. The zero-order chi connectivity index (χ0) is 12.5. The monoisotopic (exact) mass is 231 g/mol. The van der Waals surface area contributed by atoms with Gasteiger partial charge in [0.15, 0.2) is 0 Å². The fraction of sp³-hybridized carbons (Fsp3) is 0.533.